The Labute approximate surface area is 95.4 Å². The molecule has 0 atom stereocenters. The highest BCUT2D eigenvalue weighted by Gasteiger charge is 2.13. The Balaban J connectivity index is 2.69. The van der Waals surface area contributed by atoms with Gasteiger partial charge in [-0.3, -0.25) is 4.79 Å². The highest BCUT2D eigenvalue weighted by Crippen LogP contribution is 2.30. The minimum absolute atomic E-state index is 0.0745. The largest absolute Gasteiger partial charge is 0.463 e. The van der Waals surface area contributed by atoms with E-state index in [0.29, 0.717) is 23.3 Å². The molecule has 1 aromatic heterocycles. The Morgan fingerprint density at radius 3 is 2.93 bits per heavy atom. The van der Waals surface area contributed by atoms with Gasteiger partial charge in [0.1, 0.15) is 11.8 Å². The van der Waals surface area contributed by atoms with Gasteiger partial charge in [-0.1, -0.05) is 6.92 Å². The minimum Gasteiger partial charge on any atom is -0.463 e. The Morgan fingerprint density at radius 2 is 2.27 bits per heavy atom. The molecule has 78 valence electrons. The molecule has 2 N–H and O–H groups in total. The zero-order chi connectivity index (χ0) is 11.0. The van der Waals surface area contributed by atoms with Gasteiger partial charge < -0.3 is 10.2 Å². The van der Waals surface area contributed by atoms with Crippen molar-refractivity contribution in [1.29, 1.82) is 0 Å². The summed E-state index contributed by atoms with van der Waals surface area (Å²) < 4.78 is 6.07. The number of hydrogen-bond acceptors (Lipinski definition) is 3. The van der Waals surface area contributed by atoms with E-state index in [4.69, 9.17) is 10.2 Å². The van der Waals surface area contributed by atoms with E-state index < -0.39 is 0 Å². The maximum Gasteiger partial charge on any atom is 0.166 e. The summed E-state index contributed by atoms with van der Waals surface area (Å²) >= 11 is 3.33. The Kier molecular flexibility index (Phi) is 2.52. The summed E-state index contributed by atoms with van der Waals surface area (Å²) in [4.78, 5) is 11.6. The number of benzene rings is 1. The van der Waals surface area contributed by atoms with Crippen molar-refractivity contribution in [2.75, 3.05) is 5.73 Å². The SMILES string of the molecule is CCC(=O)c1coc2cc(N)c(Br)cc12. The molecule has 0 saturated heterocycles. The fraction of sp³-hybridized carbons (Fsp3) is 0.182. The van der Waals surface area contributed by atoms with E-state index in [-0.39, 0.29) is 5.78 Å². The van der Waals surface area contributed by atoms with Gasteiger partial charge in [0.05, 0.1) is 5.56 Å². The molecule has 15 heavy (non-hydrogen) atoms. The molecule has 4 heteroatoms. The number of furan rings is 1. The molecule has 0 spiro atoms. The summed E-state index contributed by atoms with van der Waals surface area (Å²) in [5.74, 6) is 0.0745. The highest BCUT2D eigenvalue weighted by molar-refractivity contribution is 9.10. The van der Waals surface area contributed by atoms with Crippen LogP contribution >= 0.6 is 15.9 Å². The number of halogens is 1. The first-order chi connectivity index (χ1) is 7.13. The first-order valence-corrected chi connectivity index (χ1v) is 5.42. The first kappa shape index (κ1) is 10.2. The third-order valence-corrected chi connectivity index (χ3v) is 3.00. The lowest BCUT2D eigenvalue weighted by Crippen LogP contribution is -1.94. The normalized spacial score (nSPS) is 10.8. The van der Waals surface area contributed by atoms with Crippen molar-refractivity contribution >= 4 is 38.4 Å². The summed E-state index contributed by atoms with van der Waals surface area (Å²) in [5, 5.41) is 0.808. The van der Waals surface area contributed by atoms with Crippen molar-refractivity contribution in [3.8, 4) is 0 Å². The van der Waals surface area contributed by atoms with Crippen molar-refractivity contribution in [2.24, 2.45) is 0 Å². The van der Waals surface area contributed by atoms with Gasteiger partial charge in [0.2, 0.25) is 0 Å². The molecule has 0 radical (unpaired) electrons. The molecule has 1 heterocycles. The van der Waals surface area contributed by atoms with E-state index >= 15 is 0 Å². The third-order valence-electron chi connectivity index (χ3n) is 2.31. The Bertz CT molecular complexity index is 531. The van der Waals surface area contributed by atoms with Gasteiger partial charge in [0.15, 0.2) is 5.78 Å². The van der Waals surface area contributed by atoms with Gasteiger partial charge in [-0.05, 0) is 22.0 Å². The number of nitrogens with two attached hydrogens (primary N) is 1. The molecule has 2 aromatic rings. The number of carbonyl (C=O) groups is 1. The average molecular weight is 268 g/mol. The Morgan fingerprint density at radius 1 is 1.53 bits per heavy atom. The molecule has 0 unspecified atom stereocenters. The van der Waals surface area contributed by atoms with E-state index in [9.17, 15) is 4.79 Å². The zero-order valence-corrected chi connectivity index (χ0v) is 9.80. The summed E-state index contributed by atoms with van der Waals surface area (Å²) in [7, 11) is 0. The van der Waals surface area contributed by atoms with Crippen LogP contribution in [0.4, 0.5) is 5.69 Å². The number of Topliss-reactive ketones (excluding diaryl/α,β-unsaturated/α-hetero) is 1. The second-order valence-corrected chi connectivity index (χ2v) is 4.15. The molecule has 0 bridgehead atoms. The molecule has 0 amide bonds. The van der Waals surface area contributed by atoms with Gasteiger partial charge >= 0.3 is 0 Å². The van der Waals surface area contributed by atoms with Gasteiger partial charge in [-0.25, -0.2) is 0 Å². The molecular weight excluding hydrogens is 258 g/mol. The van der Waals surface area contributed by atoms with E-state index in [0.717, 1.165) is 9.86 Å². The molecule has 0 aliphatic carbocycles. The van der Waals surface area contributed by atoms with Gasteiger partial charge in [-0.15, -0.1) is 0 Å². The minimum atomic E-state index is 0.0745. The summed E-state index contributed by atoms with van der Waals surface area (Å²) in [6, 6.07) is 3.53. The van der Waals surface area contributed by atoms with Crippen LogP contribution in [0.15, 0.2) is 27.3 Å². The third kappa shape index (κ3) is 1.65. The number of fused-ring (bicyclic) bond motifs is 1. The van der Waals surface area contributed by atoms with Crippen LogP contribution in [0.2, 0.25) is 0 Å². The number of rotatable bonds is 2. The predicted molar refractivity (Wildman–Crippen MR) is 62.9 cm³/mol. The molecule has 0 aliphatic rings. The molecule has 1 aromatic carbocycles. The smallest absolute Gasteiger partial charge is 0.166 e. The van der Waals surface area contributed by atoms with E-state index in [2.05, 4.69) is 15.9 Å². The number of hydrogen-bond donors (Lipinski definition) is 1. The van der Waals surface area contributed by atoms with Crippen LogP contribution in [0.3, 0.4) is 0 Å². The van der Waals surface area contributed by atoms with E-state index in [1.165, 1.54) is 6.26 Å². The van der Waals surface area contributed by atoms with Gasteiger partial charge in [0, 0.05) is 28.0 Å². The summed E-state index contributed by atoms with van der Waals surface area (Å²) in [5.41, 5.74) is 7.58. The van der Waals surface area contributed by atoms with Crippen molar-refractivity contribution in [2.45, 2.75) is 13.3 Å². The average Bonchev–Trinajstić information content (AvgIpc) is 2.61. The quantitative estimate of drug-likeness (QED) is 0.671. The van der Waals surface area contributed by atoms with Crippen LogP contribution in [-0.4, -0.2) is 5.78 Å². The number of carbonyl (C=O) groups excluding carboxylic acids is 1. The van der Waals surface area contributed by atoms with Crippen molar-refractivity contribution in [3.05, 3.63) is 28.4 Å². The monoisotopic (exact) mass is 267 g/mol. The standard InChI is InChI=1S/C11H10BrNO2/c1-2-10(14)7-5-15-11-4-9(13)8(12)3-6(7)11/h3-5H,2,13H2,1H3. The lowest BCUT2D eigenvalue weighted by molar-refractivity contribution is 0.0989. The van der Waals surface area contributed by atoms with Crippen molar-refractivity contribution < 1.29 is 9.21 Å². The first-order valence-electron chi connectivity index (χ1n) is 4.63. The summed E-state index contributed by atoms with van der Waals surface area (Å²) in [6.07, 6.45) is 1.96. The number of ketones is 1. The topological polar surface area (TPSA) is 56.2 Å². The van der Waals surface area contributed by atoms with Crippen LogP contribution in [0.5, 0.6) is 0 Å². The molecule has 0 aliphatic heterocycles. The van der Waals surface area contributed by atoms with Crippen molar-refractivity contribution in [1.82, 2.24) is 0 Å². The fourth-order valence-corrected chi connectivity index (χ4v) is 1.81. The number of anilines is 1. The van der Waals surface area contributed by atoms with E-state index in [1.807, 2.05) is 13.0 Å². The van der Waals surface area contributed by atoms with Gasteiger partial charge in [0.25, 0.3) is 0 Å². The molecule has 2 rings (SSSR count). The lowest BCUT2D eigenvalue weighted by Gasteiger charge is -1.98. The van der Waals surface area contributed by atoms with Crippen molar-refractivity contribution in [3.63, 3.8) is 0 Å². The van der Waals surface area contributed by atoms with E-state index in [1.54, 1.807) is 6.07 Å². The second-order valence-electron chi connectivity index (χ2n) is 3.30. The van der Waals surface area contributed by atoms with Crippen LogP contribution in [-0.2, 0) is 0 Å². The molecule has 0 saturated carbocycles. The Hall–Kier alpha value is -1.29. The van der Waals surface area contributed by atoms with Crippen LogP contribution in [0, 0.1) is 0 Å². The maximum absolute atomic E-state index is 11.6. The van der Waals surface area contributed by atoms with Crippen LogP contribution in [0.1, 0.15) is 23.7 Å². The highest BCUT2D eigenvalue weighted by atomic mass is 79.9. The maximum atomic E-state index is 11.6. The molecular formula is C11H10BrNO2. The molecule has 0 fully saturated rings. The zero-order valence-electron chi connectivity index (χ0n) is 8.21. The summed E-state index contributed by atoms with van der Waals surface area (Å²) in [6.45, 7) is 1.83. The van der Waals surface area contributed by atoms with Gasteiger partial charge in [-0.2, -0.15) is 0 Å². The predicted octanol–water partition coefficient (Wildman–Crippen LogP) is 3.37. The lowest BCUT2D eigenvalue weighted by atomic mass is 10.1. The number of nitrogen functional groups attached to an aromatic ring is 1. The van der Waals surface area contributed by atoms with Crippen LogP contribution < -0.4 is 5.73 Å². The molecule has 3 nitrogen and oxygen atoms in total. The second kappa shape index (κ2) is 3.70. The fourth-order valence-electron chi connectivity index (χ4n) is 1.47. The van der Waals surface area contributed by atoms with Crippen LogP contribution in [0.25, 0.3) is 11.0 Å².